The average molecular weight is 731 g/mol. The van der Waals surface area contributed by atoms with E-state index in [9.17, 15) is 38.4 Å². The van der Waals surface area contributed by atoms with Crippen LogP contribution in [-0.2, 0) is 89.5 Å². The molecule has 2 rings (SSSR count). The topological polar surface area (TPSA) is 210 Å². The Kier molecular flexibility index (Phi) is 17.5. The van der Waals surface area contributed by atoms with Crippen LogP contribution in [0.4, 0.5) is 0 Å². The minimum absolute atomic E-state index is 0.0344. The molecule has 16 nitrogen and oxygen atoms in total. The summed E-state index contributed by atoms with van der Waals surface area (Å²) in [5.74, 6) is -7.96. The van der Waals surface area contributed by atoms with Gasteiger partial charge in [0, 0.05) is 0 Å². The van der Waals surface area contributed by atoms with Gasteiger partial charge in [-0.05, 0) is 52.7 Å². The number of benzene rings is 2. The van der Waals surface area contributed by atoms with Gasteiger partial charge in [0.05, 0.1) is 12.8 Å². The number of carbonyl (C=O) groups is 8. The second-order valence-corrected chi connectivity index (χ2v) is 11.3. The van der Waals surface area contributed by atoms with Gasteiger partial charge in [-0.2, -0.15) is 0 Å². The summed E-state index contributed by atoms with van der Waals surface area (Å²) >= 11 is 0. The lowest BCUT2D eigenvalue weighted by Gasteiger charge is -2.19. The average Bonchev–Trinajstić information content (AvgIpc) is 3.12. The van der Waals surface area contributed by atoms with E-state index in [2.05, 4.69) is 0 Å². The van der Waals surface area contributed by atoms with Crippen molar-refractivity contribution in [3.63, 3.8) is 0 Å². The predicted octanol–water partition coefficient (Wildman–Crippen LogP) is 2.84. The SMILES string of the molecule is C[C@H](OC(=O)CCC(=O)O[C@@H](C)C(=O)O[C@@H](C)C(=O)O[C@@H](C)C(=O)OCc1ccccc1)C(=O)O[C@@H](C)C(=O)O[C@@H](C)C(=O)OCc1ccccc1. The van der Waals surface area contributed by atoms with Crippen molar-refractivity contribution in [3.05, 3.63) is 71.8 Å². The Labute approximate surface area is 299 Å². The maximum absolute atomic E-state index is 12.3. The fraction of sp³-hybridized carbons (Fsp3) is 0.444. The molecule has 0 saturated heterocycles. The van der Waals surface area contributed by atoms with Gasteiger partial charge >= 0.3 is 47.8 Å². The van der Waals surface area contributed by atoms with Crippen LogP contribution in [0.5, 0.6) is 0 Å². The monoisotopic (exact) mass is 730 g/mol. The van der Waals surface area contributed by atoms with Crippen molar-refractivity contribution in [1.82, 2.24) is 0 Å². The molecule has 0 amide bonds. The van der Waals surface area contributed by atoms with E-state index in [1.165, 1.54) is 41.5 Å². The smallest absolute Gasteiger partial charge is 0.347 e. The first kappa shape index (κ1) is 42.4. The Morgan fingerprint density at radius 3 is 0.923 bits per heavy atom. The summed E-state index contributed by atoms with van der Waals surface area (Å²) < 4.78 is 40.0. The van der Waals surface area contributed by atoms with Crippen LogP contribution in [-0.4, -0.2) is 84.4 Å². The Morgan fingerprint density at radius 2 is 0.635 bits per heavy atom. The normalized spacial score (nSPS) is 14.0. The molecule has 0 heterocycles. The van der Waals surface area contributed by atoms with E-state index < -0.39 is 97.2 Å². The van der Waals surface area contributed by atoms with E-state index in [-0.39, 0.29) is 13.2 Å². The molecule has 0 fully saturated rings. The van der Waals surface area contributed by atoms with Crippen molar-refractivity contribution in [2.45, 2.75) is 104 Å². The third kappa shape index (κ3) is 15.4. The molecule has 0 saturated carbocycles. The van der Waals surface area contributed by atoms with Crippen LogP contribution in [0, 0.1) is 0 Å². The summed E-state index contributed by atoms with van der Waals surface area (Å²) in [7, 11) is 0. The Hall–Kier alpha value is -5.80. The highest BCUT2D eigenvalue weighted by Crippen LogP contribution is 2.10. The van der Waals surface area contributed by atoms with Crippen LogP contribution in [0.1, 0.15) is 65.5 Å². The minimum Gasteiger partial charge on any atom is -0.458 e. The fourth-order valence-corrected chi connectivity index (χ4v) is 3.78. The largest absolute Gasteiger partial charge is 0.458 e. The zero-order chi connectivity index (χ0) is 38.8. The zero-order valence-corrected chi connectivity index (χ0v) is 29.6. The van der Waals surface area contributed by atoms with Crippen LogP contribution >= 0.6 is 0 Å². The molecule has 52 heavy (non-hydrogen) atoms. The molecule has 0 aliphatic heterocycles. The van der Waals surface area contributed by atoms with Crippen molar-refractivity contribution in [1.29, 1.82) is 0 Å². The lowest BCUT2D eigenvalue weighted by molar-refractivity contribution is -0.183. The number of esters is 8. The molecule has 2 aromatic rings. The summed E-state index contributed by atoms with van der Waals surface area (Å²) in [5, 5.41) is 0. The number of ether oxygens (including phenoxy) is 8. The van der Waals surface area contributed by atoms with E-state index >= 15 is 0 Å². The first-order chi connectivity index (χ1) is 24.6. The Bertz CT molecular complexity index is 1420. The molecular formula is C36H42O16. The highest BCUT2D eigenvalue weighted by molar-refractivity contribution is 5.86. The zero-order valence-electron chi connectivity index (χ0n) is 29.6. The molecule has 0 bridgehead atoms. The number of hydrogen-bond donors (Lipinski definition) is 0. The van der Waals surface area contributed by atoms with E-state index in [1.54, 1.807) is 60.7 Å². The molecule has 0 aliphatic carbocycles. The molecule has 0 unspecified atom stereocenters. The Morgan fingerprint density at radius 1 is 0.385 bits per heavy atom. The molecule has 0 aliphatic rings. The second-order valence-electron chi connectivity index (χ2n) is 11.3. The van der Waals surface area contributed by atoms with Gasteiger partial charge in [-0.3, -0.25) is 9.59 Å². The van der Waals surface area contributed by atoms with Gasteiger partial charge < -0.3 is 37.9 Å². The maximum atomic E-state index is 12.3. The third-order valence-corrected chi connectivity index (χ3v) is 6.76. The van der Waals surface area contributed by atoms with E-state index in [1.807, 2.05) is 0 Å². The first-order valence-electron chi connectivity index (χ1n) is 16.2. The summed E-state index contributed by atoms with van der Waals surface area (Å²) in [6, 6.07) is 17.6. The van der Waals surface area contributed by atoms with Crippen molar-refractivity contribution in [2.24, 2.45) is 0 Å². The summed E-state index contributed by atoms with van der Waals surface area (Å²) in [6.45, 7) is 7.21. The minimum atomic E-state index is -1.49. The van der Waals surface area contributed by atoms with Crippen LogP contribution in [0.25, 0.3) is 0 Å². The third-order valence-electron chi connectivity index (χ3n) is 6.76. The van der Waals surface area contributed by atoms with Crippen LogP contribution in [0.3, 0.4) is 0 Å². The van der Waals surface area contributed by atoms with Gasteiger partial charge in [-0.25, -0.2) is 28.8 Å². The molecule has 0 spiro atoms. The molecule has 0 aromatic heterocycles. The molecule has 282 valence electrons. The van der Waals surface area contributed by atoms with Crippen molar-refractivity contribution >= 4 is 47.8 Å². The number of hydrogen-bond acceptors (Lipinski definition) is 16. The van der Waals surface area contributed by atoms with Crippen LogP contribution in [0.15, 0.2) is 60.7 Å². The Balaban J connectivity index is 1.67. The molecule has 0 radical (unpaired) electrons. The molecule has 2 aromatic carbocycles. The van der Waals surface area contributed by atoms with Crippen LogP contribution in [0.2, 0.25) is 0 Å². The summed E-state index contributed by atoms with van der Waals surface area (Å²) in [4.78, 5) is 98.0. The van der Waals surface area contributed by atoms with E-state index in [0.717, 1.165) is 11.1 Å². The maximum Gasteiger partial charge on any atom is 0.347 e. The van der Waals surface area contributed by atoms with Crippen LogP contribution < -0.4 is 0 Å². The second kappa shape index (κ2) is 21.4. The van der Waals surface area contributed by atoms with Crippen molar-refractivity contribution < 1.29 is 76.3 Å². The van der Waals surface area contributed by atoms with Gasteiger partial charge in [-0.1, -0.05) is 60.7 Å². The van der Waals surface area contributed by atoms with Gasteiger partial charge in [0.1, 0.15) is 13.2 Å². The first-order valence-corrected chi connectivity index (χ1v) is 16.2. The van der Waals surface area contributed by atoms with Gasteiger partial charge in [0.25, 0.3) is 0 Å². The van der Waals surface area contributed by atoms with E-state index in [0.29, 0.717) is 0 Å². The lowest BCUT2D eigenvalue weighted by Crippen LogP contribution is -2.36. The lowest BCUT2D eigenvalue weighted by atomic mass is 10.2. The standard InChI is InChI=1S/C36H42O16/c1-21(31(39)45-19-27-13-9-7-10-14-27)49-35(43)25(5)51-33(41)23(3)47-29(37)17-18-30(38)48-24(4)34(42)52-26(6)36(44)50-22(2)32(40)46-20-28-15-11-8-12-16-28/h7-16,21-26H,17-20H2,1-6H3/t21-,22-,23-,24-,25-,26-/m0/s1. The molecular weight excluding hydrogens is 688 g/mol. The quantitative estimate of drug-likeness (QED) is 0.150. The van der Waals surface area contributed by atoms with Gasteiger partial charge in [0.15, 0.2) is 36.6 Å². The highest BCUT2D eigenvalue weighted by atomic mass is 16.6. The fourth-order valence-electron chi connectivity index (χ4n) is 3.78. The predicted molar refractivity (Wildman–Crippen MR) is 175 cm³/mol. The van der Waals surface area contributed by atoms with Gasteiger partial charge in [0.2, 0.25) is 0 Å². The van der Waals surface area contributed by atoms with Crippen molar-refractivity contribution in [3.8, 4) is 0 Å². The highest BCUT2D eigenvalue weighted by Gasteiger charge is 2.30. The van der Waals surface area contributed by atoms with E-state index in [4.69, 9.17) is 37.9 Å². The molecule has 6 atom stereocenters. The molecule has 16 heteroatoms. The van der Waals surface area contributed by atoms with Crippen molar-refractivity contribution in [2.75, 3.05) is 0 Å². The summed E-state index contributed by atoms with van der Waals surface area (Å²) in [5.41, 5.74) is 1.46. The number of rotatable bonds is 19. The van der Waals surface area contributed by atoms with Gasteiger partial charge in [-0.15, -0.1) is 0 Å². The summed E-state index contributed by atoms with van der Waals surface area (Å²) in [6.07, 6.45) is -9.63. The molecule has 0 N–H and O–H groups in total. The number of carbonyl (C=O) groups excluding carboxylic acids is 8.